The average molecular weight is 292 g/mol. The minimum atomic E-state index is -4.82. The summed E-state index contributed by atoms with van der Waals surface area (Å²) in [6.45, 7) is 3.60. The smallest absolute Gasteiger partial charge is 0.351 e. The summed E-state index contributed by atoms with van der Waals surface area (Å²) < 4.78 is 50.6. The van der Waals surface area contributed by atoms with Gasteiger partial charge in [0, 0.05) is 18.7 Å². The largest absolute Gasteiger partial charge is 0.419 e. The molecule has 2 N–H and O–H groups in total. The number of alkyl halides is 3. The van der Waals surface area contributed by atoms with Crippen LogP contribution in [0, 0.1) is 5.82 Å². The van der Waals surface area contributed by atoms with Gasteiger partial charge in [0.25, 0.3) is 5.91 Å². The highest BCUT2D eigenvalue weighted by Crippen LogP contribution is 2.31. The van der Waals surface area contributed by atoms with E-state index in [4.69, 9.17) is 0 Å². The number of carbonyl (C=O) groups is 1. The maximum absolute atomic E-state index is 13.1. The van der Waals surface area contributed by atoms with Crippen molar-refractivity contribution in [2.24, 2.45) is 0 Å². The Kier molecular flexibility index (Phi) is 5.94. The topological polar surface area (TPSA) is 41.1 Å². The number of amides is 1. The van der Waals surface area contributed by atoms with Gasteiger partial charge in [-0.05, 0) is 31.2 Å². The summed E-state index contributed by atoms with van der Waals surface area (Å²) in [4.78, 5) is 11.6. The van der Waals surface area contributed by atoms with Crippen LogP contribution >= 0.6 is 0 Å². The third kappa shape index (κ3) is 4.80. The Balaban J connectivity index is 2.65. The van der Waals surface area contributed by atoms with E-state index in [1.807, 2.05) is 6.92 Å². The highest BCUT2D eigenvalue weighted by atomic mass is 19.4. The first kappa shape index (κ1) is 16.4. The predicted molar refractivity (Wildman–Crippen MR) is 66.9 cm³/mol. The molecule has 0 saturated carbocycles. The van der Waals surface area contributed by atoms with Gasteiger partial charge in [0.05, 0.1) is 5.56 Å². The first-order valence-corrected chi connectivity index (χ1v) is 6.22. The van der Waals surface area contributed by atoms with Crippen LogP contribution in [0.3, 0.4) is 0 Å². The number of hydrogen-bond acceptors (Lipinski definition) is 2. The van der Waals surface area contributed by atoms with Crippen molar-refractivity contribution in [1.82, 2.24) is 10.6 Å². The lowest BCUT2D eigenvalue weighted by Gasteiger charge is -2.10. The first-order chi connectivity index (χ1) is 9.36. The summed E-state index contributed by atoms with van der Waals surface area (Å²) in [5.74, 6) is -2.05. The molecule has 0 bridgehead atoms. The summed E-state index contributed by atoms with van der Waals surface area (Å²) in [6, 6.07) is 2.19. The van der Waals surface area contributed by atoms with Gasteiger partial charge in [-0.1, -0.05) is 6.92 Å². The van der Waals surface area contributed by atoms with Crippen molar-refractivity contribution in [3.8, 4) is 0 Å². The van der Waals surface area contributed by atoms with E-state index in [1.165, 1.54) is 0 Å². The minimum Gasteiger partial charge on any atom is -0.351 e. The maximum Gasteiger partial charge on any atom is 0.419 e. The van der Waals surface area contributed by atoms with E-state index >= 15 is 0 Å². The molecule has 0 radical (unpaired) electrons. The van der Waals surface area contributed by atoms with E-state index in [0.29, 0.717) is 18.7 Å². The Hall–Kier alpha value is -1.63. The molecule has 0 aromatic heterocycles. The molecule has 7 heteroatoms. The highest BCUT2D eigenvalue weighted by molar-refractivity contribution is 5.94. The van der Waals surface area contributed by atoms with Crippen molar-refractivity contribution in [2.45, 2.75) is 19.5 Å². The van der Waals surface area contributed by atoms with Gasteiger partial charge in [-0.25, -0.2) is 4.39 Å². The zero-order valence-corrected chi connectivity index (χ0v) is 11.0. The number of benzene rings is 1. The molecular weight excluding hydrogens is 276 g/mol. The number of nitrogens with one attached hydrogen (secondary N) is 2. The summed E-state index contributed by atoms with van der Waals surface area (Å²) >= 11 is 0. The van der Waals surface area contributed by atoms with Crippen molar-refractivity contribution < 1.29 is 22.4 Å². The molecule has 1 aromatic carbocycles. The van der Waals surface area contributed by atoms with Crippen molar-refractivity contribution in [3.05, 3.63) is 35.1 Å². The fraction of sp³-hybridized carbons (Fsp3) is 0.462. The van der Waals surface area contributed by atoms with Gasteiger partial charge < -0.3 is 10.6 Å². The second kappa shape index (κ2) is 7.23. The zero-order chi connectivity index (χ0) is 15.2. The van der Waals surface area contributed by atoms with Crippen LogP contribution in [0.5, 0.6) is 0 Å². The van der Waals surface area contributed by atoms with E-state index < -0.39 is 23.5 Å². The van der Waals surface area contributed by atoms with Crippen LogP contribution < -0.4 is 10.6 Å². The van der Waals surface area contributed by atoms with E-state index in [9.17, 15) is 22.4 Å². The van der Waals surface area contributed by atoms with Crippen molar-refractivity contribution in [2.75, 3.05) is 19.6 Å². The molecule has 0 aliphatic rings. The lowest BCUT2D eigenvalue weighted by Crippen LogP contribution is -2.32. The fourth-order valence-corrected chi connectivity index (χ4v) is 1.55. The average Bonchev–Trinajstić information content (AvgIpc) is 2.37. The van der Waals surface area contributed by atoms with E-state index in [0.717, 1.165) is 19.0 Å². The molecule has 0 heterocycles. The summed E-state index contributed by atoms with van der Waals surface area (Å²) in [5, 5.41) is 5.50. The maximum atomic E-state index is 13.1. The van der Waals surface area contributed by atoms with Crippen molar-refractivity contribution in [1.29, 1.82) is 0 Å². The lowest BCUT2D eigenvalue weighted by atomic mass is 10.1. The van der Waals surface area contributed by atoms with Crippen molar-refractivity contribution >= 4 is 5.91 Å². The van der Waals surface area contributed by atoms with Crippen molar-refractivity contribution in [3.63, 3.8) is 0 Å². The number of halogens is 4. The molecule has 112 valence electrons. The summed E-state index contributed by atoms with van der Waals surface area (Å²) in [6.07, 6.45) is -3.87. The Morgan fingerprint density at radius 3 is 2.50 bits per heavy atom. The third-order valence-electron chi connectivity index (χ3n) is 2.55. The van der Waals surface area contributed by atoms with Gasteiger partial charge in [0.15, 0.2) is 0 Å². The van der Waals surface area contributed by atoms with E-state index in [-0.39, 0.29) is 12.1 Å². The van der Waals surface area contributed by atoms with Gasteiger partial charge in [-0.2, -0.15) is 13.2 Å². The first-order valence-electron chi connectivity index (χ1n) is 6.22. The molecule has 0 aliphatic carbocycles. The predicted octanol–water partition coefficient (Wildman–Crippen LogP) is 2.57. The van der Waals surface area contributed by atoms with Crippen LogP contribution in [0.4, 0.5) is 17.6 Å². The van der Waals surface area contributed by atoms with Crippen LogP contribution in [0.25, 0.3) is 0 Å². The number of hydrogen-bond donors (Lipinski definition) is 2. The summed E-state index contributed by atoms with van der Waals surface area (Å²) in [7, 11) is 0. The fourth-order valence-electron chi connectivity index (χ4n) is 1.55. The van der Waals surface area contributed by atoms with Gasteiger partial charge in [-0.15, -0.1) is 0 Å². The lowest BCUT2D eigenvalue weighted by molar-refractivity contribution is -0.140. The molecule has 0 atom stereocenters. The molecule has 1 rings (SSSR count). The van der Waals surface area contributed by atoms with Gasteiger partial charge in [-0.3, -0.25) is 4.79 Å². The molecule has 0 unspecified atom stereocenters. The molecule has 1 aromatic rings. The minimum absolute atomic E-state index is 0.214. The van der Waals surface area contributed by atoms with E-state index in [1.54, 1.807) is 0 Å². The molecule has 0 aliphatic heterocycles. The van der Waals surface area contributed by atoms with Gasteiger partial charge in [0.1, 0.15) is 5.82 Å². The molecular formula is C13H16F4N2O. The molecule has 0 fully saturated rings. The van der Waals surface area contributed by atoms with Crippen LogP contribution in [0.15, 0.2) is 18.2 Å². The third-order valence-corrected chi connectivity index (χ3v) is 2.55. The van der Waals surface area contributed by atoms with Gasteiger partial charge in [0.2, 0.25) is 0 Å². The second-order valence-electron chi connectivity index (χ2n) is 4.20. The molecule has 1 amide bonds. The van der Waals surface area contributed by atoms with Crippen LogP contribution in [0.2, 0.25) is 0 Å². The summed E-state index contributed by atoms with van der Waals surface area (Å²) in [5.41, 5.74) is -1.65. The molecule has 20 heavy (non-hydrogen) atoms. The Bertz CT molecular complexity index is 460. The molecule has 0 saturated heterocycles. The molecule has 0 spiro atoms. The normalized spacial score (nSPS) is 11.4. The SMILES string of the molecule is CCCNCCNC(=O)c1ccc(F)c(C(F)(F)F)c1. The Morgan fingerprint density at radius 2 is 1.90 bits per heavy atom. The Labute approximate surface area is 114 Å². The zero-order valence-electron chi connectivity index (χ0n) is 11.0. The van der Waals surface area contributed by atoms with Crippen LogP contribution in [0.1, 0.15) is 29.3 Å². The number of rotatable bonds is 6. The standard InChI is InChI=1S/C13H16F4N2O/c1-2-5-18-6-7-19-12(20)9-3-4-11(14)10(8-9)13(15,16)17/h3-4,8,18H,2,5-7H2,1H3,(H,19,20). The number of carbonyl (C=O) groups excluding carboxylic acids is 1. The quantitative estimate of drug-likeness (QED) is 0.625. The highest BCUT2D eigenvalue weighted by Gasteiger charge is 2.34. The van der Waals surface area contributed by atoms with E-state index in [2.05, 4.69) is 10.6 Å². The second-order valence-corrected chi connectivity index (χ2v) is 4.20. The van der Waals surface area contributed by atoms with Gasteiger partial charge >= 0.3 is 6.18 Å². The molecule has 3 nitrogen and oxygen atoms in total. The van der Waals surface area contributed by atoms with Crippen LogP contribution in [-0.2, 0) is 6.18 Å². The monoisotopic (exact) mass is 292 g/mol. The van der Waals surface area contributed by atoms with Crippen LogP contribution in [-0.4, -0.2) is 25.5 Å². The Morgan fingerprint density at radius 1 is 1.20 bits per heavy atom.